The number of amides is 2. The van der Waals surface area contributed by atoms with E-state index in [0.29, 0.717) is 28.3 Å². The maximum Gasteiger partial charge on any atom is 0.337 e. The van der Waals surface area contributed by atoms with Gasteiger partial charge in [-0.15, -0.1) is 11.3 Å². The summed E-state index contributed by atoms with van der Waals surface area (Å²) in [5.41, 5.74) is 1.38. The minimum atomic E-state index is -0.627. The van der Waals surface area contributed by atoms with Gasteiger partial charge < -0.3 is 19.8 Å². The SMILES string of the molecule is CCOc1ccc2c(C(=O)Nc3sc4c(c3C(=O)NC)CCCC4)cc(=O)oc2c1. The molecule has 8 heteroatoms. The average molecular weight is 426 g/mol. The molecule has 2 aromatic heterocycles. The molecule has 2 N–H and O–H groups in total. The second-order valence-electron chi connectivity index (χ2n) is 7.02. The Balaban J connectivity index is 1.74. The van der Waals surface area contributed by atoms with Crippen molar-refractivity contribution >= 4 is 39.1 Å². The Morgan fingerprint density at radius 1 is 1.17 bits per heavy atom. The van der Waals surface area contributed by atoms with Crippen molar-refractivity contribution in [2.75, 3.05) is 19.0 Å². The highest BCUT2D eigenvalue weighted by Crippen LogP contribution is 2.38. The van der Waals surface area contributed by atoms with Crippen LogP contribution in [-0.4, -0.2) is 25.5 Å². The summed E-state index contributed by atoms with van der Waals surface area (Å²) in [6.07, 6.45) is 3.81. The van der Waals surface area contributed by atoms with E-state index in [0.717, 1.165) is 36.1 Å². The Labute approximate surface area is 177 Å². The predicted molar refractivity (Wildman–Crippen MR) is 116 cm³/mol. The summed E-state index contributed by atoms with van der Waals surface area (Å²) in [6.45, 7) is 2.33. The molecule has 0 fully saturated rings. The number of ether oxygens (including phenoxy) is 1. The zero-order valence-corrected chi connectivity index (χ0v) is 17.6. The van der Waals surface area contributed by atoms with E-state index in [1.807, 2.05) is 6.92 Å². The molecule has 2 amide bonds. The summed E-state index contributed by atoms with van der Waals surface area (Å²) >= 11 is 1.43. The van der Waals surface area contributed by atoms with Gasteiger partial charge in [0.15, 0.2) is 0 Å². The molecule has 0 radical (unpaired) electrons. The summed E-state index contributed by atoms with van der Waals surface area (Å²) in [4.78, 5) is 38.8. The normalized spacial score (nSPS) is 13.0. The van der Waals surface area contributed by atoms with Crippen molar-refractivity contribution in [2.24, 2.45) is 0 Å². The summed E-state index contributed by atoms with van der Waals surface area (Å²) in [6, 6.07) is 6.18. The van der Waals surface area contributed by atoms with Crippen molar-refractivity contribution in [2.45, 2.75) is 32.6 Å². The molecule has 0 spiro atoms. The van der Waals surface area contributed by atoms with Crippen molar-refractivity contribution < 1.29 is 18.7 Å². The number of aryl methyl sites for hydroxylation is 1. The Bertz CT molecular complexity index is 1190. The molecule has 0 unspecified atom stereocenters. The van der Waals surface area contributed by atoms with E-state index >= 15 is 0 Å². The van der Waals surface area contributed by atoms with Crippen LogP contribution in [0.15, 0.2) is 33.5 Å². The van der Waals surface area contributed by atoms with E-state index in [2.05, 4.69) is 10.6 Å². The van der Waals surface area contributed by atoms with Gasteiger partial charge in [0, 0.05) is 29.4 Å². The third-order valence-electron chi connectivity index (χ3n) is 5.12. The molecular weight excluding hydrogens is 404 g/mol. The molecule has 2 heterocycles. The number of benzene rings is 1. The second kappa shape index (κ2) is 8.31. The van der Waals surface area contributed by atoms with Crippen LogP contribution in [0.25, 0.3) is 11.0 Å². The van der Waals surface area contributed by atoms with E-state index in [9.17, 15) is 14.4 Å². The number of anilines is 1. The summed E-state index contributed by atoms with van der Waals surface area (Å²) < 4.78 is 10.7. The van der Waals surface area contributed by atoms with E-state index in [1.54, 1.807) is 25.2 Å². The van der Waals surface area contributed by atoms with Crippen LogP contribution in [0.3, 0.4) is 0 Å². The van der Waals surface area contributed by atoms with Gasteiger partial charge in [-0.05, 0) is 50.3 Å². The molecule has 1 aliphatic rings. The predicted octanol–water partition coefficient (Wildman–Crippen LogP) is 3.74. The van der Waals surface area contributed by atoms with Crippen LogP contribution >= 0.6 is 11.3 Å². The van der Waals surface area contributed by atoms with Crippen LogP contribution in [-0.2, 0) is 12.8 Å². The van der Waals surface area contributed by atoms with Crippen molar-refractivity contribution in [3.05, 3.63) is 56.3 Å². The zero-order valence-electron chi connectivity index (χ0n) is 16.8. The number of hydrogen-bond donors (Lipinski definition) is 2. The second-order valence-corrected chi connectivity index (χ2v) is 8.12. The highest BCUT2D eigenvalue weighted by Gasteiger charge is 2.26. The maximum atomic E-state index is 13.1. The lowest BCUT2D eigenvalue weighted by atomic mass is 9.95. The molecule has 0 atom stereocenters. The molecule has 0 aliphatic heterocycles. The van der Waals surface area contributed by atoms with E-state index in [-0.39, 0.29) is 17.1 Å². The Morgan fingerprint density at radius 3 is 2.73 bits per heavy atom. The van der Waals surface area contributed by atoms with Crippen LogP contribution < -0.4 is 21.0 Å². The highest BCUT2D eigenvalue weighted by molar-refractivity contribution is 7.17. The third-order valence-corrected chi connectivity index (χ3v) is 6.33. The number of hydrogen-bond acceptors (Lipinski definition) is 6. The van der Waals surface area contributed by atoms with Crippen molar-refractivity contribution in [3.8, 4) is 5.75 Å². The molecule has 0 saturated carbocycles. The molecule has 7 nitrogen and oxygen atoms in total. The maximum absolute atomic E-state index is 13.1. The van der Waals surface area contributed by atoms with Crippen molar-refractivity contribution in [1.82, 2.24) is 5.32 Å². The minimum absolute atomic E-state index is 0.193. The van der Waals surface area contributed by atoms with Gasteiger partial charge >= 0.3 is 5.63 Å². The van der Waals surface area contributed by atoms with E-state index < -0.39 is 11.5 Å². The molecule has 30 heavy (non-hydrogen) atoms. The lowest BCUT2D eigenvalue weighted by Crippen LogP contribution is -2.22. The van der Waals surface area contributed by atoms with Crippen LogP contribution in [0.5, 0.6) is 5.75 Å². The quantitative estimate of drug-likeness (QED) is 0.606. The molecule has 0 bridgehead atoms. The van der Waals surface area contributed by atoms with Gasteiger partial charge in [0.1, 0.15) is 16.3 Å². The lowest BCUT2D eigenvalue weighted by Gasteiger charge is -2.12. The number of nitrogens with one attached hydrogen (secondary N) is 2. The molecule has 3 aromatic rings. The Kier molecular flexibility index (Phi) is 5.59. The first-order valence-corrected chi connectivity index (χ1v) is 10.7. The fourth-order valence-electron chi connectivity index (χ4n) is 3.78. The van der Waals surface area contributed by atoms with Crippen LogP contribution in [0, 0.1) is 0 Å². The van der Waals surface area contributed by atoms with Crippen molar-refractivity contribution in [1.29, 1.82) is 0 Å². The number of rotatable bonds is 5. The number of thiophene rings is 1. The minimum Gasteiger partial charge on any atom is -0.494 e. The topological polar surface area (TPSA) is 97.6 Å². The Morgan fingerprint density at radius 2 is 1.97 bits per heavy atom. The lowest BCUT2D eigenvalue weighted by molar-refractivity contribution is 0.0963. The van der Waals surface area contributed by atoms with Gasteiger partial charge in [-0.2, -0.15) is 0 Å². The first-order chi connectivity index (χ1) is 14.5. The van der Waals surface area contributed by atoms with E-state index in [1.165, 1.54) is 17.4 Å². The van der Waals surface area contributed by atoms with Crippen LogP contribution in [0.1, 0.15) is 50.9 Å². The third kappa shape index (κ3) is 3.70. The summed E-state index contributed by atoms with van der Waals surface area (Å²) in [5, 5.41) is 6.54. The molecule has 1 aliphatic carbocycles. The monoisotopic (exact) mass is 426 g/mol. The summed E-state index contributed by atoms with van der Waals surface area (Å²) in [7, 11) is 1.58. The fourth-order valence-corrected chi connectivity index (χ4v) is 5.06. The zero-order chi connectivity index (χ0) is 21.3. The van der Waals surface area contributed by atoms with Gasteiger partial charge in [0.25, 0.3) is 11.8 Å². The average Bonchev–Trinajstić information content (AvgIpc) is 3.10. The van der Waals surface area contributed by atoms with Gasteiger partial charge in [-0.3, -0.25) is 9.59 Å². The number of carbonyl (C=O) groups excluding carboxylic acids is 2. The van der Waals surface area contributed by atoms with E-state index in [4.69, 9.17) is 9.15 Å². The number of fused-ring (bicyclic) bond motifs is 2. The highest BCUT2D eigenvalue weighted by atomic mass is 32.1. The molecule has 0 saturated heterocycles. The van der Waals surface area contributed by atoms with Crippen LogP contribution in [0.2, 0.25) is 0 Å². The number of carbonyl (C=O) groups is 2. The van der Waals surface area contributed by atoms with Crippen molar-refractivity contribution in [3.63, 3.8) is 0 Å². The Hall–Kier alpha value is -3.13. The summed E-state index contributed by atoms with van der Waals surface area (Å²) in [5.74, 6) is -0.122. The first-order valence-electron chi connectivity index (χ1n) is 9.90. The smallest absolute Gasteiger partial charge is 0.337 e. The largest absolute Gasteiger partial charge is 0.494 e. The molecule has 156 valence electrons. The van der Waals surface area contributed by atoms with Crippen LogP contribution in [0.4, 0.5) is 5.00 Å². The standard InChI is InChI=1S/C22H22N2O5S/c1-3-28-12-8-9-13-15(11-18(25)29-16(13)10-12)20(26)24-22-19(21(27)23-2)14-6-4-5-7-17(14)30-22/h8-11H,3-7H2,1-2H3,(H,23,27)(H,24,26). The van der Waals surface area contributed by atoms with Gasteiger partial charge in [0.2, 0.25) is 0 Å². The molecular formula is C22H22N2O5S. The first kappa shape index (κ1) is 20.2. The molecule has 1 aromatic carbocycles. The van der Waals surface area contributed by atoms with Gasteiger partial charge in [-0.1, -0.05) is 0 Å². The van der Waals surface area contributed by atoms with Gasteiger partial charge in [0.05, 0.1) is 17.7 Å². The molecule has 4 rings (SSSR count). The fraction of sp³-hybridized carbons (Fsp3) is 0.318. The van der Waals surface area contributed by atoms with Gasteiger partial charge in [-0.25, -0.2) is 4.79 Å².